The Morgan fingerprint density at radius 1 is 1.35 bits per heavy atom. The number of ether oxygens (including phenoxy) is 1. The number of anilines is 1. The molecule has 1 N–H and O–H groups in total. The Balaban J connectivity index is 1.68. The highest BCUT2D eigenvalue weighted by molar-refractivity contribution is 5.41. The molecule has 0 bridgehead atoms. The summed E-state index contributed by atoms with van der Waals surface area (Å²) in [5, 5.41) is 3.48. The fourth-order valence-electron chi connectivity index (χ4n) is 2.82. The Bertz CT molecular complexity index is 399. The van der Waals surface area contributed by atoms with E-state index in [9.17, 15) is 0 Å². The average molecular weight is 232 g/mol. The number of hydrogen-bond donors (Lipinski definition) is 1. The third kappa shape index (κ3) is 2.29. The number of aryl methyl sites for hydroxylation is 2. The van der Waals surface area contributed by atoms with Crippen LogP contribution in [-0.2, 0) is 17.6 Å². The molecule has 92 valence electrons. The second-order valence-electron chi connectivity index (χ2n) is 5.14. The summed E-state index contributed by atoms with van der Waals surface area (Å²) in [5.41, 5.74) is 2.72. The Morgan fingerprint density at radius 2 is 2.29 bits per heavy atom. The number of fused-ring (bicyclic) bond motifs is 1. The first kappa shape index (κ1) is 11.0. The zero-order valence-electron chi connectivity index (χ0n) is 10.4. The van der Waals surface area contributed by atoms with Crippen molar-refractivity contribution >= 4 is 5.82 Å². The molecule has 17 heavy (non-hydrogen) atoms. The SMILES string of the molecule is CC(Nc1ccc2c(n1)CCC2)C1CCCO1. The molecule has 2 heterocycles. The maximum atomic E-state index is 5.69. The van der Waals surface area contributed by atoms with Crippen molar-refractivity contribution in [2.75, 3.05) is 11.9 Å². The van der Waals surface area contributed by atoms with Crippen LogP contribution >= 0.6 is 0 Å². The number of aromatic nitrogens is 1. The Morgan fingerprint density at radius 3 is 3.12 bits per heavy atom. The summed E-state index contributed by atoms with van der Waals surface area (Å²) in [5.74, 6) is 1.01. The standard InChI is InChI=1S/C14H20N2O/c1-10(13-6-3-9-17-13)15-14-8-7-11-4-2-5-12(11)16-14/h7-8,10,13H,2-6,9H2,1H3,(H,15,16). The van der Waals surface area contributed by atoms with E-state index in [1.807, 2.05) is 0 Å². The molecule has 0 radical (unpaired) electrons. The van der Waals surface area contributed by atoms with Gasteiger partial charge in [-0.25, -0.2) is 4.98 Å². The van der Waals surface area contributed by atoms with Crippen LogP contribution in [0, 0.1) is 0 Å². The molecule has 1 aliphatic carbocycles. The van der Waals surface area contributed by atoms with Gasteiger partial charge in [-0.05, 0) is 50.7 Å². The summed E-state index contributed by atoms with van der Waals surface area (Å²) in [6, 6.07) is 4.68. The molecule has 2 unspecified atom stereocenters. The predicted molar refractivity (Wildman–Crippen MR) is 68.3 cm³/mol. The lowest BCUT2D eigenvalue weighted by atomic mass is 10.1. The highest BCUT2D eigenvalue weighted by Gasteiger charge is 2.22. The zero-order valence-corrected chi connectivity index (χ0v) is 10.4. The van der Waals surface area contributed by atoms with Crippen LogP contribution < -0.4 is 5.32 Å². The average Bonchev–Trinajstić information content (AvgIpc) is 2.99. The van der Waals surface area contributed by atoms with Crippen molar-refractivity contribution in [2.24, 2.45) is 0 Å². The molecule has 0 amide bonds. The van der Waals surface area contributed by atoms with Gasteiger partial charge in [-0.2, -0.15) is 0 Å². The van der Waals surface area contributed by atoms with Crippen molar-refractivity contribution in [3.05, 3.63) is 23.4 Å². The van der Waals surface area contributed by atoms with Crippen molar-refractivity contribution < 1.29 is 4.74 Å². The van der Waals surface area contributed by atoms with Gasteiger partial charge in [0.1, 0.15) is 5.82 Å². The monoisotopic (exact) mass is 232 g/mol. The smallest absolute Gasteiger partial charge is 0.126 e. The molecule has 3 rings (SSSR count). The van der Waals surface area contributed by atoms with E-state index >= 15 is 0 Å². The molecule has 0 spiro atoms. The van der Waals surface area contributed by atoms with Crippen LogP contribution in [0.3, 0.4) is 0 Å². The predicted octanol–water partition coefficient (Wildman–Crippen LogP) is 2.55. The van der Waals surface area contributed by atoms with E-state index in [2.05, 4.69) is 24.4 Å². The van der Waals surface area contributed by atoms with Gasteiger partial charge >= 0.3 is 0 Å². The van der Waals surface area contributed by atoms with E-state index in [1.54, 1.807) is 0 Å². The minimum absolute atomic E-state index is 0.351. The largest absolute Gasteiger partial charge is 0.376 e. The summed E-state index contributed by atoms with van der Waals surface area (Å²) in [7, 11) is 0. The molecule has 1 saturated heterocycles. The molecule has 2 aliphatic rings. The maximum Gasteiger partial charge on any atom is 0.126 e. The second kappa shape index (κ2) is 4.65. The lowest BCUT2D eigenvalue weighted by Gasteiger charge is -2.20. The van der Waals surface area contributed by atoms with Crippen LogP contribution in [0.15, 0.2) is 12.1 Å². The number of rotatable bonds is 3. The topological polar surface area (TPSA) is 34.2 Å². The van der Waals surface area contributed by atoms with E-state index < -0.39 is 0 Å². The first-order chi connectivity index (χ1) is 8.33. The first-order valence-electron chi connectivity index (χ1n) is 6.70. The van der Waals surface area contributed by atoms with Gasteiger partial charge in [0.25, 0.3) is 0 Å². The van der Waals surface area contributed by atoms with E-state index in [0.29, 0.717) is 12.1 Å². The van der Waals surface area contributed by atoms with Crippen molar-refractivity contribution in [3.8, 4) is 0 Å². The molecule has 1 fully saturated rings. The molecule has 0 saturated carbocycles. The van der Waals surface area contributed by atoms with Crippen LogP contribution in [0.2, 0.25) is 0 Å². The van der Waals surface area contributed by atoms with Crippen LogP contribution in [0.4, 0.5) is 5.82 Å². The number of nitrogens with zero attached hydrogens (tertiary/aromatic N) is 1. The normalized spacial score (nSPS) is 24.6. The number of nitrogens with one attached hydrogen (secondary N) is 1. The van der Waals surface area contributed by atoms with Crippen molar-refractivity contribution in [1.29, 1.82) is 0 Å². The molecular formula is C14H20N2O. The van der Waals surface area contributed by atoms with Gasteiger partial charge in [0.15, 0.2) is 0 Å². The Labute approximate surface area is 103 Å². The number of hydrogen-bond acceptors (Lipinski definition) is 3. The van der Waals surface area contributed by atoms with Gasteiger partial charge in [-0.3, -0.25) is 0 Å². The van der Waals surface area contributed by atoms with Crippen molar-refractivity contribution in [2.45, 2.75) is 51.2 Å². The minimum Gasteiger partial charge on any atom is -0.376 e. The van der Waals surface area contributed by atoms with Gasteiger partial charge in [0.05, 0.1) is 12.1 Å². The maximum absolute atomic E-state index is 5.69. The van der Waals surface area contributed by atoms with Gasteiger partial charge in [-0.1, -0.05) is 6.07 Å². The minimum atomic E-state index is 0.351. The van der Waals surface area contributed by atoms with Gasteiger partial charge in [0.2, 0.25) is 0 Å². The molecule has 1 aliphatic heterocycles. The van der Waals surface area contributed by atoms with Gasteiger partial charge in [-0.15, -0.1) is 0 Å². The third-order valence-electron chi connectivity index (χ3n) is 3.83. The van der Waals surface area contributed by atoms with E-state index in [-0.39, 0.29) is 0 Å². The highest BCUT2D eigenvalue weighted by Crippen LogP contribution is 2.23. The molecule has 1 aromatic heterocycles. The van der Waals surface area contributed by atoms with E-state index in [1.165, 1.54) is 36.9 Å². The summed E-state index contributed by atoms with van der Waals surface area (Å²) in [4.78, 5) is 4.70. The molecule has 0 aromatic carbocycles. The van der Waals surface area contributed by atoms with Crippen molar-refractivity contribution in [1.82, 2.24) is 4.98 Å². The molecule has 2 atom stereocenters. The Kier molecular flexibility index (Phi) is 3.02. The van der Waals surface area contributed by atoms with Crippen LogP contribution in [0.5, 0.6) is 0 Å². The Hall–Kier alpha value is -1.09. The van der Waals surface area contributed by atoms with Crippen LogP contribution in [0.1, 0.15) is 37.4 Å². The quantitative estimate of drug-likeness (QED) is 0.869. The zero-order chi connectivity index (χ0) is 11.7. The van der Waals surface area contributed by atoms with Crippen LogP contribution in [-0.4, -0.2) is 23.7 Å². The lowest BCUT2D eigenvalue weighted by molar-refractivity contribution is 0.0995. The van der Waals surface area contributed by atoms with Crippen molar-refractivity contribution in [3.63, 3.8) is 0 Å². The highest BCUT2D eigenvalue weighted by atomic mass is 16.5. The van der Waals surface area contributed by atoms with E-state index in [4.69, 9.17) is 9.72 Å². The van der Waals surface area contributed by atoms with Gasteiger partial charge < -0.3 is 10.1 Å². The van der Waals surface area contributed by atoms with E-state index in [0.717, 1.165) is 18.8 Å². The third-order valence-corrected chi connectivity index (χ3v) is 3.83. The van der Waals surface area contributed by atoms with Crippen LogP contribution in [0.25, 0.3) is 0 Å². The number of pyridine rings is 1. The molecule has 3 heteroatoms. The summed E-state index contributed by atoms with van der Waals surface area (Å²) in [6.45, 7) is 3.10. The lowest BCUT2D eigenvalue weighted by Crippen LogP contribution is -2.30. The van der Waals surface area contributed by atoms with Gasteiger partial charge in [0, 0.05) is 12.3 Å². The molecule has 1 aromatic rings. The first-order valence-corrected chi connectivity index (χ1v) is 6.70. The summed E-state index contributed by atoms with van der Waals surface area (Å²) >= 11 is 0. The summed E-state index contributed by atoms with van der Waals surface area (Å²) in [6.07, 6.45) is 6.30. The fraction of sp³-hybridized carbons (Fsp3) is 0.643. The molecule has 3 nitrogen and oxygen atoms in total. The summed E-state index contributed by atoms with van der Waals surface area (Å²) < 4.78 is 5.69. The fourth-order valence-corrected chi connectivity index (χ4v) is 2.82. The molecular weight excluding hydrogens is 212 g/mol. The second-order valence-corrected chi connectivity index (χ2v) is 5.14.